The van der Waals surface area contributed by atoms with E-state index in [0.717, 1.165) is 22.2 Å². The Morgan fingerprint density at radius 3 is 2.38 bits per heavy atom. The first kappa shape index (κ1) is 23.5. The highest BCUT2D eigenvalue weighted by Gasteiger charge is 2.35. The van der Waals surface area contributed by atoms with Crippen LogP contribution in [0.2, 0.25) is 5.02 Å². The molecule has 0 aromatic heterocycles. The molecule has 1 aliphatic rings. The first-order valence-electron chi connectivity index (χ1n) is 9.95. The molecule has 0 spiro atoms. The summed E-state index contributed by atoms with van der Waals surface area (Å²) in [4.78, 5) is 37.3. The summed E-state index contributed by atoms with van der Waals surface area (Å²) in [5.74, 6) is -0.616. The zero-order valence-corrected chi connectivity index (χ0v) is 19.0. The number of non-ortho nitro benzene ring substituents is 1. The van der Waals surface area contributed by atoms with Crippen LogP contribution in [0.4, 0.5) is 14.9 Å². The second-order valence-electron chi connectivity index (χ2n) is 7.29. The molecule has 0 saturated carbocycles. The van der Waals surface area contributed by atoms with Crippen molar-refractivity contribution >= 4 is 46.3 Å². The van der Waals surface area contributed by atoms with Crippen molar-refractivity contribution < 1.29 is 23.6 Å². The van der Waals surface area contributed by atoms with Gasteiger partial charge in [-0.2, -0.15) is 0 Å². The average molecular weight is 499 g/mol. The van der Waals surface area contributed by atoms with Crippen molar-refractivity contribution in [2.24, 2.45) is 0 Å². The van der Waals surface area contributed by atoms with Crippen molar-refractivity contribution in [3.63, 3.8) is 0 Å². The minimum Gasteiger partial charge on any atom is -0.488 e. The predicted molar refractivity (Wildman–Crippen MR) is 127 cm³/mol. The summed E-state index contributed by atoms with van der Waals surface area (Å²) in [6.07, 6.45) is 1.40. The number of halogens is 2. The molecule has 1 saturated heterocycles. The van der Waals surface area contributed by atoms with E-state index in [0.29, 0.717) is 10.6 Å². The second kappa shape index (κ2) is 10.1. The molecule has 0 radical (unpaired) electrons. The number of nitro benzene ring substituents is 1. The van der Waals surface area contributed by atoms with E-state index in [2.05, 4.69) is 0 Å². The molecule has 3 aromatic carbocycles. The summed E-state index contributed by atoms with van der Waals surface area (Å²) in [6.45, 7) is 0.152. The average Bonchev–Trinajstić information content (AvgIpc) is 3.08. The molecule has 0 N–H and O–H groups in total. The van der Waals surface area contributed by atoms with Gasteiger partial charge in [0.1, 0.15) is 18.2 Å². The minimum absolute atomic E-state index is 0.0715. The van der Waals surface area contributed by atoms with Gasteiger partial charge < -0.3 is 4.74 Å². The van der Waals surface area contributed by atoms with Crippen LogP contribution in [0.5, 0.6) is 5.75 Å². The number of imide groups is 1. The normalized spacial score (nSPS) is 14.6. The summed E-state index contributed by atoms with van der Waals surface area (Å²) in [5, 5.41) is 11.4. The quantitative estimate of drug-likeness (QED) is 0.219. The van der Waals surface area contributed by atoms with Crippen LogP contribution in [0.3, 0.4) is 0 Å². The van der Waals surface area contributed by atoms with E-state index in [1.165, 1.54) is 36.4 Å². The molecule has 0 atom stereocenters. The van der Waals surface area contributed by atoms with Gasteiger partial charge in [-0.1, -0.05) is 35.9 Å². The van der Waals surface area contributed by atoms with Gasteiger partial charge in [-0.25, -0.2) is 4.39 Å². The maximum atomic E-state index is 13.1. The Labute approximate surface area is 202 Å². The minimum atomic E-state index is -0.562. The van der Waals surface area contributed by atoms with Gasteiger partial charge in [0, 0.05) is 22.7 Å². The first-order valence-corrected chi connectivity index (χ1v) is 11.1. The Balaban J connectivity index is 1.59. The van der Waals surface area contributed by atoms with Gasteiger partial charge in [-0.15, -0.1) is 0 Å². The first-order chi connectivity index (χ1) is 16.3. The maximum absolute atomic E-state index is 13.1. The Kier molecular flexibility index (Phi) is 6.95. The van der Waals surface area contributed by atoms with Gasteiger partial charge in [-0.3, -0.25) is 24.6 Å². The molecule has 0 unspecified atom stereocenters. The van der Waals surface area contributed by atoms with E-state index in [1.54, 1.807) is 36.4 Å². The van der Waals surface area contributed by atoms with Gasteiger partial charge in [0.15, 0.2) is 0 Å². The molecule has 1 fully saturated rings. The Morgan fingerprint density at radius 1 is 1.03 bits per heavy atom. The number of nitro groups is 1. The highest BCUT2D eigenvalue weighted by molar-refractivity contribution is 8.18. The SMILES string of the molecule is O=C1S/C(=C\c2cc([N+](=O)[O-])ccc2OCc2ccc(F)cc2)C(=O)N1Cc1ccc(Cl)cc1. The Bertz CT molecular complexity index is 1300. The molecule has 1 heterocycles. The summed E-state index contributed by atoms with van der Waals surface area (Å²) in [6, 6.07) is 16.5. The second-order valence-corrected chi connectivity index (χ2v) is 8.72. The number of nitrogens with zero attached hydrogens (tertiary/aromatic N) is 2. The molecule has 1 aliphatic heterocycles. The van der Waals surface area contributed by atoms with Crippen LogP contribution in [0.15, 0.2) is 71.6 Å². The molecular formula is C24H16ClFN2O5S. The van der Waals surface area contributed by atoms with E-state index in [-0.39, 0.29) is 40.9 Å². The largest absolute Gasteiger partial charge is 0.488 e. The van der Waals surface area contributed by atoms with E-state index >= 15 is 0 Å². The summed E-state index contributed by atoms with van der Waals surface area (Å²) >= 11 is 6.63. The Hall–Kier alpha value is -3.69. The van der Waals surface area contributed by atoms with Crippen molar-refractivity contribution in [1.82, 2.24) is 4.90 Å². The molecule has 0 bridgehead atoms. The van der Waals surface area contributed by atoms with Gasteiger partial charge in [-0.05, 0) is 59.3 Å². The number of carbonyl (C=O) groups excluding carboxylic acids is 2. The van der Waals surface area contributed by atoms with Crippen molar-refractivity contribution in [2.75, 3.05) is 0 Å². The van der Waals surface area contributed by atoms with E-state index in [9.17, 15) is 24.1 Å². The van der Waals surface area contributed by atoms with E-state index in [1.807, 2.05) is 0 Å². The van der Waals surface area contributed by atoms with Crippen LogP contribution >= 0.6 is 23.4 Å². The van der Waals surface area contributed by atoms with Crippen LogP contribution in [-0.2, 0) is 17.9 Å². The van der Waals surface area contributed by atoms with Crippen LogP contribution < -0.4 is 4.74 Å². The number of benzene rings is 3. The zero-order chi connectivity index (χ0) is 24.2. The topological polar surface area (TPSA) is 89.7 Å². The van der Waals surface area contributed by atoms with Gasteiger partial charge in [0.05, 0.1) is 16.4 Å². The molecule has 10 heteroatoms. The number of thioether (sulfide) groups is 1. The Morgan fingerprint density at radius 2 is 1.71 bits per heavy atom. The van der Waals surface area contributed by atoms with Crippen molar-refractivity contribution in [1.29, 1.82) is 0 Å². The monoisotopic (exact) mass is 498 g/mol. The summed E-state index contributed by atoms with van der Waals surface area (Å²) in [7, 11) is 0. The number of hydrogen-bond donors (Lipinski definition) is 0. The fraction of sp³-hybridized carbons (Fsp3) is 0.0833. The van der Waals surface area contributed by atoms with Crippen molar-refractivity contribution in [2.45, 2.75) is 13.2 Å². The number of carbonyl (C=O) groups is 2. The van der Waals surface area contributed by atoms with Crippen molar-refractivity contribution in [3.05, 3.63) is 109 Å². The standard InChI is InChI=1S/C24H16ClFN2O5S/c25-18-5-1-15(2-6-18)13-27-23(29)22(34-24(27)30)12-17-11-20(28(31)32)9-10-21(17)33-14-16-3-7-19(26)8-4-16/h1-12H,13-14H2/b22-12-. The lowest BCUT2D eigenvalue weighted by Crippen LogP contribution is -2.27. The number of amides is 2. The van der Waals surface area contributed by atoms with Gasteiger partial charge in [0.2, 0.25) is 0 Å². The van der Waals surface area contributed by atoms with E-state index < -0.39 is 16.1 Å². The van der Waals surface area contributed by atoms with Crippen LogP contribution in [0.1, 0.15) is 16.7 Å². The molecule has 4 rings (SSSR count). The lowest BCUT2D eigenvalue weighted by atomic mass is 10.1. The summed E-state index contributed by atoms with van der Waals surface area (Å²) in [5.41, 5.74) is 1.50. The molecule has 34 heavy (non-hydrogen) atoms. The highest BCUT2D eigenvalue weighted by Crippen LogP contribution is 2.36. The number of hydrogen-bond acceptors (Lipinski definition) is 6. The highest BCUT2D eigenvalue weighted by atomic mass is 35.5. The van der Waals surface area contributed by atoms with Gasteiger partial charge in [0.25, 0.3) is 16.8 Å². The maximum Gasteiger partial charge on any atom is 0.293 e. The number of rotatable bonds is 7. The zero-order valence-electron chi connectivity index (χ0n) is 17.4. The molecule has 3 aromatic rings. The van der Waals surface area contributed by atoms with Crippen LogP contribution in [-0.4, -0.2) is 21.0 Å². The smallest absolute Gasteiger partial charge is 0.293 e. The third-order valence-corrected chi connectivity index (χ3v) is 6.09. The number of ether oxygens (including phenoxy) is 1. The predicted octanol–water partition coefficient (Wildman–Crippen LogP) is 6.20. The van der Waals surface area contributed by atoms with E-state index in [4.69, 9.17) is 16.3 Å². The van der Waals surface area contributed by atoms with Gasteiger partial charge >= 0.3 is 0 Å². The van der Waals surface area contributed by atoms with Crippen molar-refractivity contribution in [3.8, 4) is 5.75 Å². The van der Waals surface area contributed by atoms with Crippen LogP contribution in [0, 0.1) is 15.9 Å². The fourth-order valence-corrected chi connectivity index (χ4v) is 4.14. The third-order valence-electron chi connectivity index (χ3n) is 4.93. The molecule has 7 nitrogen and oxygen atoms in total. The van der Waals surface area contributed by atoms with Crippen LogP contribution in [0.25, 0.3) is 6.08 Å². The summed E-state index contributed by atoms with van der Waals surface area (Å²) < 4.78 is 18.9. The lowest BCUT2D eigenvalue weighted by Gasteiger charge is -2.12. The molecule has 172 valence electrons. The third kappa shape index (κ3) is 5.44. The molecule has 0 aliphatic carbocycles. The fourth-order valence-electron chi connectivity index (χ4n) is 3.19. The molecule has 2 amide bonds. The lowest BCUT2D eigenvalue weighted by molar-refractivity contribution is -0.384. The molecular weight excluding hydrogens is 483 g/mol.